The first-order valence-electron chi connectivity index (χ1n) is 9.36. The molecule has 1 rings (SSSR count). The van der Waals surface area contributed by atoms with Crippen LogP contribution in [0, 0.1) is 0 Å². The number of methoxy groups -OCH3 is 1. The summed E-state index contributed by atoms with van der Waals surface area (Å²) in [6, 6.07) is 7.66. The quantitative estimate of drug-likeness (QED) is 0.450. The summed E-state index contributed by atoms with van der Waals surface area (Å²) in [5.74, 6) is -0.297. The van der Waals surface area contributed by atoms with E-state index < -0.39 is 11.8 Å². The Labute approximate surface area is 151 Å². The molecule has 0 bridgehead atoms. The van der Waals surface area contributed by atoms with Crippen molar-refractivity contribution in [2.45, 2.75) is 58.3 Å². The lowest BCUT2D eigenvalue weighted by molar-refractivity contribution is -0.139. The highest BCUT2D eigenvalue weighted by molar-refractivity contribution is 6.35. The van der Waals surface area contributed by atoms with Gasteiger partial charge >= 0.3 is 11.8 Å². The molecule has 0 atom stereocenters. The van der Waals surface area contributed by atoms with Gasteiger partial charge in [-0.2, -0.15) is 0 Å². The van der Waals surface area contributed by atoms with Crippen LogP contribution < -0.4 is 15.4 Å². The molecule has 5 nitrogen and oxygen atoms in total. The van der Waals surface area contributed by atoms with Gasteiger partial charge in [0.05, 0.1) is 7.11 Å². The van der Waals surface area contributed by atoms with Gasteiger partial charge < -0.3 is 15.4 Å². The number of nitrogens with one attached hydrogen (secondary N) is 2. The molecular weight excluding hydrogens is 316 g/mol. The van der Waals surface area contributed by atoms with Gasteiger partial charge in [-0.05, 0) is 30.5 Å². The van der Waals surface area contributed by atoms with Crippen LogP contribution in [0.15, 0.2) is 24.3 Å². The van der Waals surface area contributed by atoms with E-state index in [1.165, 1.54) is 32.1 Å². The summed E-state index contributed by atoms with van der Waals surface area (Å²) in [6.45, 7) is 3.21. The third-order valence-corrected chi connectivity index (χ3v) is 4.13. The van der Waals surface area contributed by atoms with Gasteiger partial charge in [-0.15, -0.1) is 0 Å². The zero-order valence-corrected chi connectivity index (χ0v) is 15.6. The minimum Gasteiger partial charge on any atom is -0.497 e. The Morgan fingerprint density at radius 1 is 0.840 bits per heavy atom. The zero-order chi connectivity index (χ0) is 18.3. The van der Waals surface area contributed by atoms with E-state index in [9.17, 15) is 9.59 Å². The van der Waals surface area contributed by atoms with Crippen LogP contribution in [-0.4, -0.2) is 32.0 Å². The minimum absolute atomic E-state index is 0.440. The number of hydrogen-bond acceptors (Lipinski definition) is 3. The second kappa shape index (κ2) is 13.3. The SMILES string of the molecule is CCCCCCCCCNC(=O)C(=O)NCCc1ccc(OC)cc1. The van der Waals surface area contributed by atoms with Crippen molar-refractivity contribution in [3.8, 4) is 5.75 Å². The van der Waals surface area contributed by atoms with E-state index in [4.69, 9.17) is 4.74 Å². The molecule has 0 aliphatic carbocycles. The number of carbonyl (C=O) groups is 2. The van der Waals surface area contributed by atoms with Crippen molar-refractivity contribution >= 4 is 11.8 Å². The minimum atomic E-state index is -0.559. The molecule has 0 spiro atoms. The number of rotatable bonds is 12. The van der Waals surface area contributed by atoms with Gasteiger partial charge in [0.25, 0.3) is 0 Å². The first kappa shape index (κ1) is 21.0. The molecule has 2 N–H and O–H groups in total. The van der Waals surface area contributed by atoms with Gasteiger partial charge in [0.15, 0.2) is 0 Å². The molecule has 0 saturated carbocycles. The summed E-state index contributed by atoms with van der Waals surface area (Å²) in [5, 5.41) is 5.33. The van der Waals surface area contributed by atoms with Crippen molar-refractivity contribution in [3.63, 3.8) is 0 Å². The van der Waals surface area contributed by atoms with Crippen molar-refractivity contribution in [1.29, 1.82) is 0 Å². The number of carbonyl (C=O) groups excluding carboxylic acids is 2. The monoisotopic (exact) mass is 348 g/mol. The molecule has 140 valence electrons. The smallest absolute Gasteiger partial charge is 0.309 e. The molecule has 0 aromatic heterocycles. The fraction of sp³-hybridized carbons (Fsp3) is 0.600. The first-order chi connectivity index (χ1) is 12.2. The maximum absolute atomic E-state index is 11.7. The predicted octanol–water partition coefficient (Wildman–Crippen LogP) is 3.22. The van der Waals surface area contributed by atoms with Gasteiger partial charge in [-0.1, -0.05) is 57.6 Å². The number of amides is 2. The highest BCUT2D eigenvalue weighted by atomic mass is 16.5. The number of ether oxygens (including phenoxy) is 1. The van der Waals surface area contributed by atoms with E-state index in [0.717, 1.165) is 24.2 Å². The molecule has 25 heavy (non-hydrogen) atoms. The van der Waals surface area contributed by atoms with Gasteiger partial charge in [-0.25, -0.2) is 0 Å². The Balaban J connectivity index is 2.06. The third kappa shape index (κ3) is 9.75. The average molecular weight is 348 g/mol. The van der Waals surface area contributed by atoms with Crippen molar-refractivity contribution in [3.05, 3.63) is 29.8 Å². The Kier molecular flexibility index (Phi) is 11.2. The molecule has 1 aromatic carbocycles. The molecule has 0 radical (unpaired) electrons. The molecule has 1 aromatic rings. The van der Waals surface area contributed by atoms with E-state index in [-0.39, 0.29) is 0 Å². The largest absolute Gasteiger partial charge is 0.497 e. The molecule has 0 unspecified atom stereocenters. The molecule has 2 amide bonds. The van der Waals surface area contributed by atoms with Crippen molar-refractivity contribution < 1.29 is 14.3 Å². The van der Waals surface area contributed by atoms with Crippen LogP contribution in [-0.2, 0) is 16.0 Å². The van der Waals surface area contributed by atoms with Crippen LogP contribution in [0.25, 0.3) is 0 Å². The lowest BCUT2D eigenvalue weighted by atomic mass is 10.1. The number of hydrogen-bond donors (Lipinski definition) is 2. The third-order valence-electron chi connectivity index (χ3n) is 4.13. The van der Waals surface area contributed by atoms with Crippen molar-refractivity contribution in [2.75, 3.05) is 20.2 Å². The van der Waals surface area contributed by atoms with Gasteiger partial charge in [-0.3, -0.25) is 9.59 Å². The lowest BCUT2D eigenvalue weighted by Gasteiger charge is -2.07. The summed E-state index contributed by atoms with van der Waals surface area (Å²) < 4.78 is 5.10. The number of benzene rings is 1. The maximum atomic E-state index is 11.7. The van der Waals surface area contributed by atoms with E-state index in [0.29, 0.717) is 19.5 Å². The van der Waals surface area contributed by atoms with Crippen LogP contribution >= 0.6 is 0 Å². The molecule has 0 saturated heterocycles. The average Bonchev–Trinajstić information content (AvgIpc) is 2.64. The highest BCUT2D eigenvalue weighted by Crippen LogP contribution is 2.11. The molecule has 0 fully saturated rings. The summed E-state index contributed by atoms with van der Waals surface area (Å²) >= 11 is 0. The zero-order valence-electron chi connectivity index (χ0n) is 15.6. The van der Waals surface area contributed by atoms with Crippen molar-refractivity contribution in [2.24, 2.45) is 0 Å². The Hall–Kier alpha value is -2.04. The summed E-state index contributed by atoms with van der Waals surface area (Å²) in [4.78, 5) is 23.4. The summed E-state index contributed by atoms with van der Waals surface area (Å²) in [5.41, 5.74) is 1.09. The summed E-state index contributed by atoms with van der Waals surface area (Å²) in [7, 11) is 1.63. The second-order valence-electron chi connectivity index (χ2n) is 6.23. The summed E-state index contributed by atoms with van der Waals surface area (Å²) in [6.07, 6.45) is 9.01. The van der Waals surface area contributed by atoms with Crippen LogP contribution in [0.1, 0.15) is 57.4 Å². The normalized spacial score (nSPS) is 10.3. The first-order valence-corrected chi connectivity index (χ1v) is 9.36. The fourth-order valence-electron chi connectivity index (χ4n) is 2.56. The van der Waals surface area contributed by atoms with Gasteiger partial charge in [0, 0.05) is 13.1 Å². The van der Waals surface area contributed by atoms with Crippen LogP contribution in [0.4, 0.5) is 0 Å². The van der Waals surface area contributed by atoms with Crippen LogP contribution in [0.3, 0.4) is 0 Å². The van der Waals surface area contributed by atoms with E-state index in [2.05, 4.69) is 17.6 Å². The van der Waals surface area contributed by atoms with E-state index in [1.54, 1.807) is 7.11 Å². The Morgan fingerprint density at radius 2 is 1.40 bits per heavy atom. The second-order valence-corrected chi connectivity index (χ2v) is 6.23. The number of unbranched alkanes of at least 4 members (excludes halogenated alkanes) is 6. The Morgan fingerprint density at radius 3 is 2.00 bits per heavy atom. The molecular formula is C20H32N2O3. The standard InChI is InChI=1S/C20H32N2O3/c1-3-4-5-6-7-8-9-15-21-19(23)20(24)22-16-14-17-10-12-18(25-2)13-11-17/h10-13H,3-9,14-16H2,1-2H3,(H,21,23)(H,22,24). The van der Waals surface area contributed by atoms with Crippen LogP contribution in [0.5, 0.6) is 5.75 Å². The van der Waals surface area contributed by atoms with Gasteiger partial charge in [0.2, 0.25) is 0 Å². The molecule has 0 aliphatic rings. The highest BCUT2D eigenvalue weighted by Gasteiger charge is 2.11. The van der Waals surface area contributed by atoms with E-state index >= 15 is 0 Å². The maximum Gasteiger partial charge on any atom is 0.309 e. The Bertz CT molecular complexity index is 500. The fourth-order valence-corrected chi connectivity index (χ4v) is 2.56. The van der Waals surface area contributed by atoms with Crippen LogP contribution in [0.2, 0.25) is 0 Å². The topological polar surface area (TPSA) is 67.4 Å². The lowest BCUT2D eigenvalue weighted by Crippen LogP contribution is -2.40. The molecule has 0 aliphatic heterocycles. The molecule has 5 heteroatoms. The van der Waals surface area contributed by atoms with Gasteiger partial charge in [0.1, 0.15) is 5.75 Å². The van der Waals surface area contributed by atoms with E-state index in [1.807, 2.05) is 24.3 Å². The van der Waals surface area contributed by atoms with Crippen molar-refractivity contribution in [1.82, 2.24) is 10.6 Å². The molecule has 0 heterocycles. The predicted molar refractivity (Wildman–Crippen MR) is 101 cm³/mol.